The molecular weight excluding hydrogens is 694 g/mol. The molecule has 164 valence electrons. The normalized spacial score (nSPS) is 9.97. The number of benzene rings is 2. The van der Waals surface area contributed by atoms with Gasteiger partial charge in [0.15, 0.2) is 0 Å². The van der Waals surface area contributed by atoms with Crippen LogP contribution in [0.25, 0.3) is 21.8 Å². The topological polar surface area (TPSA) is 99.1 Å². The van der Waals surface area contributed by atoms with Crippen molar-refractivity contribution in [3.8, 4) is 0 Å². The molecule has 0 aliphatic heterocycles. The molecule has 0 aliphatic rings. The van der Waals surface area contributed by atoms with Crippen LogP contribution in [0, 0.1) is 7.40 Å². The lowest BCUT2D eigenvalue weighted by Gasteiger charge is -2.00. The van der Waals surface area contributed by atoms with E-state index in [9.17, 15) is 9.59 Å². The Kier molecular flexibility index (Phi) is 10.7. The minimum Gasteiger partial charge on any atom is -0.468 e. The molecule has 0 radical (unpaired) electrons. The zero-order valence-electron chi connectivity index (χ0n) is 16.6. The van der Waals surface area contributed by atoms with Crippen LogP contribution in [0.2, 0.25) is 0 Å². The Bertz CT molecular complexity index is 1160. The summed E-state index contributed by atoms with van der Waals surface area (Å²) in [4.78, 5) is 21.1. The molecule has 0 fully saturated rings. The number of esters is 2. The zero-order chi connectivity index (χ0) is 22.8. The highest BCUT2D eigenvalue weighted by Crippen LogP contribution is 2.19. The molecule has 0 saturated heterocycles. The third-order valence-electron chi connectivity index (χ3n) is 3.87. The van der Waals surface area contributed by atoms with E-state index in [0.29, 0.717) is 0 Å². The molecule has 2 aromatic carbocycles. The van der Waals surface area contributed by atoms with Crippen molar-refractivity contribution in [2.24, 2.45) is 0 Å². The molecule has 0 amide bonds. The van der Waals surface area contributed by atoms with Crippen molar-refractivity contribution in [1.82, 2.24) is 20.0 Å². The van der Waals surface area contributed by atoms with E-state index in [-0.39, 0.29) is 23.8 Å². The van der Waals surface area contributed by atoms with E-state index in [1.807, 2.05) is 42.5 Å². The molecule has 8 nitrogen and oxygen atoms in total. The fraction of sp³-hybridized carbons (Fsp3) is 0.200. The van der Waals surface area contributed by atoms with Gasteiger partial charge in [-0.2, -0.15) is 10.2 Å². The predicted octanol–water partition coefficient (Wildman–Crippen LogP) is 4.54. The molecule has 31 heavy (non-hydrogen) atoms. The average molecular weight is 713 g/mol. The maximum atomic E-state index is 11.1. The summed E-state index contributed by atoms with van der Waals surface area (Å²) in [5, 5.41) is 13.8. The Labute approximate surface area is 214 Å². The fourth-order valence-electron chi connectivity index (χ4n) is 2.38. The second kappa shape index (κ2) is 13.0. The molecule has 0 spiro atoms. The number of halogens is 3. The van der Waals surface area contributed by atoms with Gasteiger partial charge in [-0.25, -0.2) is 0 Å². The van der Waals surface area contributed by atoms with Gasteiger partial charge in [0.05, 0.1) is 25.3 Å². The maximum Gasteiger partial charge on any atom is 0.327 e. The van der Waals surface area contributed by atoms with Crippen LogP contribution in [0.1, 0.15) is 0 Å². The van der Waals surface area contributed by atoms with Crippen LogP contribution in [-0.4, -0.2) is 51.5 Å². The quantitative estimate of drug-likeness (QED) is 0.191. The Morgan fingerprint density at radius 2 is 1.61 bits per heavy atom. The lowest BCUT2D eigenvalue weighted by Crippen LogP contribution is -2.12. The highest BCUT2D eigenvalue weighted by atomic mass is 127. The first kappa shape index (κ1) is 25.5. The second-order valence-electron chi connectivity index (χ2n) is 5.81. The zero-order valence-corrected chi connectivity index (χ0v) is 22.5. The van der Waals surface area contributed by atoms with Crippen LogP contribution in [0.4, 0.5) is 0 Å². The number of carbonyl (C=O) groups is 2. The third kappa shape index (κ3) is 7.42. The number of ether oxygens (including phenoxy) is 2. The summed E-state index contributed by atoms with van der Waals surface area (Å²) >= 11 is 7.29. The van der Waals surface area contributed by atoms with Gasteiger partial charge in [0, 0.05) is 10.8 Å². The number of aromatic nitrogens is 4. The fourth-order valence-corrected chi connectivity index (χ4v) is 3.90. The van der Waals surface area contributed by atoms with E-state index in [1.54, 1.807) is 4.68 Å². The van der Waals surface area contributed by atoms with Crippen molar-refractivity contribution in [3.63, 3.8) is 0 Å². The van der Waals surface area contributed by atoms with Crippen LogP contribution >= 0.6 is 61.1 Å². The maximum absolute atomic E-state index is 11.1. The van der Waals surface area contributed by atoms with E-state index in [2.05, 4.69) is 91.9 Å². The Hall–Kier alpha value is -1.74. The van der Waals surface area contributed by atoms with Crippen LogP contribution < -0.4 is 0 Å². The minimum atomic E-state index is -0.292. The van der Waals surface area contributed by atoms with Gasteiger partial charge in [-0.05, 0) is 57.3 Å². The molecule has 4 rings (SSSR count). The predicted molar refractivity (Wildman–Crippen MR) is 139 cm³/mol. The standard InChI is InChI=1S/C10H9IN2O2.C7H5IN2.C3H5BrO2/c1-15-9(14)6-13-8-5-3-2-4-7(8)10(11)12-13;8-7-5-3-1-2-4-6(5)9-10-7;1-6-3(5)2-4/h2-5H,6H2,1H3;1-4H,(H,9,10);2H2,1H3. The summed E-state index contributed by atoms with van der Waals surface area (Å²) < 4.78 is 12.5. The molecule has 1 N–H and O–H groups in total. The summed E-state index contributed by atoms with van der Waals surface area (Å²) in [6, 6.07) is 15.8. The number of nitrogens with one attached hydrogen (secondary N) is 1. The van der Waals surface area contributed by atoms with Crippen molar-refractivity contribution >= 4 is 94.9 Å². The molecule has 0 unspecified atom stereocenters. The average Bonchev–Trinajstić information content (AvgIpc) is 3.34. The highest BCUT2D eigenvalue weighted by Gasteiger charge is 2.10. The molecule has 0 saturated carbocycles. The molecule has 0 atom stereocenters. The van der Waals surface area contributed by atoms with E-state index in [1.165, 1.54) is 19.6 Å². The third-order valence-corrected chi connectivity index (χ3v) is 5.95. The summed E-state index contributed by atoms with van der Waals surface area (Å²) in [5.74, 6) is -0.533. The Balaban J connectivity index is 0.000000184. The summed E-state index contributed by atoms with van der Waals surface area (Å²) in [6.45, 7) is 0.153. The monoisotopic (exact) mass is 712 g/mol. The minimum absolute atomic E-state index is 0.153. The molecular formula is C20H19BrI2N4O4. The number of para-hydroxylation sites is 2. The first-order valence-corrected chi connectivity index (χ1v) is 12.1. The molecule has 2 aromatic heterocycles. The highest BCUT2D eigenvalue weighted by molar-refractivity contribution is 14.1. The van der Waals surface area contributed by atoms with Gasteiger partial charge in [0.2, 0.25) is 0 Å². The first-order valence-electron chi connectivity index (χ1n) is 8.80. The van der Waals surface area contributed by atoms with Crippen molar-refractivity contribution in [3.05, 3.63) is 55.9 Å². The van der Waals surface area contributed by atoms with Crippen molar-refractivity contribution in [2.45, 2.75) is 6.54 Å². The number of hydrogen-bond acceptors (Lipinski definition) is 6. The van der Waals surface area contributed by atoms with Crippen molar-refractivity contribution < 1.29 is 19.1 Å². The van der Waals surface area contributed by atoms with Gasteiger partial charge in [-0.1, -0.05) is 52.3 Å². The van der Waals surface area contributed by atoms with Gasteiger partial charge in [-0.15, -0.1) is 0 Å². The Morgan fingerprint density at radius 1 is 1.00 bits per heavy atom. The number of H-pyrrole nitrogens is 1. The SMILES string of the molecule is COC(=O)CBr.COC(=O)Cn1nc(I)c2ccccc21.Ic1[nH]nc2ccccc12. The molecule has 0 bridgehead atoms. The number of fused-ring (bicyclic) bond motifs is 2. The lowest BCUT2D eigenvalue weighted by molar-refractivity contribution is -0.141. The van der Waals surface area contributed by atoms with E-state index < -0.39 is 0 Å². The van der Waals surface area contributed by atoms with E-state index >= 15 is 0 Å². The van der Waals surface area contributed by atoms with Crippen molar-refractivity contribution in [2.75, 3.05) is 19.5 Å². The first-order chi connectivity index (χ1) is 14.9. The Morgan fingerprint density at radius 3 is 2.19 bits per heavy atom. The number of carbonyl (C=O) groups excluding carboxylic acids is 2. The van der Waals surface area contributed by atoms with Crippen LogP contribution in [0.15, 0.2) is 48.5 Å². The number of methoxy groups -OCH3 is 2. The van der Waals surface area contributed by atoms with Gasteiger partial charge >= 0.3 is 11.9 Å². The van der Waals surface area contributed by atoms with Gasteiger partial charge in [0.25, 0.3) is 0 Å². The molecule has 2 heterocycles. The van der Waals surface area contributed by atoms with Gasteiger partial charge in [-0.3, -0.25) is 19.4 Å². The molecule has 0 aliphatic carbocycles. The summed E-state index contributed by atoms with van der Waals surface area (Å²) in [7, 11) is 2.72. The second-order valence-corrected chi connectivity index (χ2v) is 8.47. The van der Waals surface area contributed by atoms with Crippen molar-refractivity contribution in [1.29, 1.82) is 0 Å². The number of rotatable bonds is 3. The van der Waals surface area contributed by atoms with Gasteiger partial charge in [0.1, 0.15) is 19.3 Å². The number of aromatic amines is 1. The molecule has 4 aromatic rings. The number of hydrogen-bond donors (Lipinski definition) is 1. The van der Waals surface area contributed by atoms with E-state index in [4.69, 9.17) is 0 Å². The van der Waals surface area contributed by atoms with Gasteiger partial charge < -0.3 is 9.47 Å². The summed E-state index contributed by atoms with van der Waals surface area (Å²) in [5.41, 5.74) is 1.99. The number of alkyl halides is 1. The smallest absolute Gasteiger partial charge is 0.327 e. The van der Waals surface area contributed by atoms with Crippen LogP contribution in [0.3, 0.4) is 0 Å². The summed E-state index contributed by atoms with van der Waals surface area (Å²) in [6.07, 6.45) is 0. The van der Waals surface area contributed by atoms with E-state index in [0.717, 1.165) is 23.8 Å². The number of nitrogens with zero attached hydrogens (tertiary/aromatic N) is 3. The largest absolute Gasteiger partial charge is 0.468 e. The van der Waals surface area contributed by atoms with Crippen LogP contribution in [-0.2, 0) is 25.6 Å². The lowest BCUT2D eigenvalue weighted by atomic mass is 10.3. The van der Waals surface area contributed by atoms with Crippen LogP contribution in [0.5, 0.6) is 0 Å². The molecule has 11 heteroatoms.